The number of aromatic carboxylic acids is 2. The fourth-order valence-electron chi connectivity index (χ4n) is 3.94. The third-order valence-electron chi connectivity index (χ3n) is 5.86. The van der Waals surface area contributed by atoms with E-state index in [9.17, 15) is 24.3 Å². The number of carboxylic acid groups (broad SMARTS) is 2. The summed E-state index contributed by atoms with van der Waals surface area (Å²) in [5, 5.41) is 23.7. The van der Waals surface area contributed by atoms with Gasteiger partial charge in [0, 0.05) is 16.3 Å². The summed E-state index contributed by atoms with van der Waals surface area (Å²) in [7, 11) is 0. The van der Waals surface area contributed by atoms with Crippen LogP contribution in [0.3, 0.4) is 0 Å². The number of hydrogen-bond acceptors (Lipinski definition) is 6. The van der Waals surface area contributed by atoms with E-state index < -0.39 is 28.7 Å². The molecule has 0 aliphatic carbocycles. The summed E-state index contributed by atoms with van der Waals surface area (Å²) in [6.07, 6.45) is 0. The lowest BCUT2D eigenvalue weighted by Gasteiger charge is -2.18. The first-order valence-electron chi connectivity index (χ1n) is 12.5. The van der Waals surface area contributed by atoms with Crippen LogP contribution >= 0.6 is 11.8 Å². The first-order valence-corrected chi connectivity index (χ1v) is 13.4. The highest BCUT2D eigenvalue weighted by molar-refractivity contribution is 8.00. The van der Waals surface area contributed by atoms with E-state index in [0.717, 1.165) is 17.7 Å². The highest BCUT2D eigenvalue weighted by Crippen LogP contribution is 2.37. The number of hydrogen-bond donors (Lipinski definition) is 4. The maximum Gasteiger partial charge on any atom is 0.336 e. The van der Waals surface area contributed by atoms with Gasteiger partial charge in [0.2, 0.25) is 5.91 Å². The quantitative estimate of drug-likeness (QED) is 0.156. The van der Waals surface area contributed by atoms with Crippen LogP contribution < -0.4 is 15.4 Å². The van der Waals surface area contributed by atoms with Crippen molar-refractivity contribution in [3.05, 3.63) is 119 Å². The number of anilines is 2. The molecule has 4 rings (SSSR count). The minimum Gasteiger partial charge on any atom is -0.494 e. The zero-order chi connectivity index (χ0) is 29.4. The van der Waals surface area contributed by atoms with E-state index in [2.05, 4.69) is 10.6 Å². The number of carbonyl (C=O) groups is 4. The topological polar surface area (TPSA) is 142 Å². The molecule has 0 radical (unpaired) electrons. The van der Waals surface area contributed by atoms with Crippen molar-refractivity contribution in [2.75, 3.05) is 17.2 Å². The van der Waals surface area contributed by atoms with Gasteiger partial charge in [-0.1, -0.05) is 36.4 Å². The van der Waals surface area contributed by atoms with Gasteiger partial charge in [-0.05, 0) is 73.2 Å². The van der Waals surface area contributed by atoms with Crippen molar-refractivity contribution in [2.45, 2.75) is 17.1 Å². The van der Waals surface area contributed by atoms with Gasteiger partial charge in [0.15, 0.2) is 0 Å². The minimum absolute atomic E-state index is 0.183. The number of ether oxygens (including phenoxy) is 1. The Balaban J connectivity index is 1.54. The predicted octanol–water partition coefficient (Wildman–Crippen LogP) is 6.21. The highest BCUT2D eigenvalue weighted by Gasteiger charge is 2.23. The third kappa shape index (κ3) is 7.52. The van der Waals surface area contributed by atoms with Crippen LogP contribution in [0.25, 0.3) is 0 Å². The fraction of sp³-hybridized carbons (Fsp3) is 0.0968. The Morgan fingerprint density at radius 3 is 2.15 bits per heavy atom. The molecule has 0 saturated heterocycles. The second kappa shape index (κ2) is 13.3. The van der Waals surface area contributed by atoms with Gasteiger partial charge in [0.1, 0.15) is 11.0 Å². The summed E-state index contributed by atoms with van der Waals surface area (Å²) < 4.78 is 5.46. The summed E-state index contributed by atoms with van der Waals surface area (Å²) in [4.78, 5) is 50.0. The van der Waals surface area contributed by atoms with Gasteiger partial charge in [-0.15, -0.1) is 11.8 Å². The molecular formula is C31H26N2O7S. The molecule has 41 heavy (non-hydrogen) atoms. The zero-order valence-corrected chi connectivity index (χ0v) is 22.7. The van der Waals surface area contributed by atoms with Crippen LogP contribution in [0.2, 0.25) is 0 Å². The smallest absolute Gasteiger partial charge is 0.336 e. The lowest BCUT2D eigenvalue weighted by Crippen LogP contribution is -2.19. The van der Waals surface area contributed by atoms with E-state index in [1.54, 1.807) is 48.5 Å². The Morgan fingerprint density at radius 2 is 1.49 bits per heavy atom. The highest BCUT2D eigenvalue weighted by atomic mass is 32.2. The molecule has 0 aliphatic heterocycles. The molecule has 0 spiro atoms. The Hall–Kier alpha value is -5.09. The van der Waals surface area contributed by atoms with Crippen LogP contribution in [0.15, 0.2) is 102 Å². The zero-order valence-electron chi connectivity index (χ0n) is 21.9. The molecule has 208 valence electrons. The van der Waals surface area contributed by atoms with Crippen LogP contribution in [0.5, 0.6) is 5.75 Å². The molecule has 1 unspecified atom stereocenters. The van der Waals surface area contributed by atoms with E-state index in [1.807, 2.05) is 37.3 Å². The average molecular weight is 571 g/mol. The Labute approximate surface area is 240 Å². The maximum absolute atomic E-state index is 13.4. The second-order valence-corrected chi connectivity index (χ2v) is 9.89. The molecule has 10 heteroatoms. The van der Waals surface area contributed by atoms with Crippen molar-refractivity contribution < 1.29 is 34.1 Å². The number of carbonyl (C=O) groups excluding carboxylic acids is 2. The summed E-state index contributed by atoms with van der Waals surface area (Å²) in [6, 6.07) is 26.4. The Bertz CT molecular complexity index is 1570. The molecule has 0 aliphatic rings. The summed E-state index contributed by atoms with van der Waals surface area (Å²) in [5.41, 5.74) is 0.912. The summed E-state index contributed by atoms with van der Waals surface area (Å²) in [6.45, 7) is 2.43. The maximum atomic E-state index is 13.4. The molecule has 0 aromatic heterocycles. The van der Waals surface area contributed by atoms with E-state index in [-0.39, 0.29) is 17.0 Å². The van der Waals surface area contributed by atoms with Gasteiger partial charge in [-0.2, -0.15) is 0 Å². The molecule has 0 bridgehead atoms. The average Bonchev–Trinajstić information content (AvgIpc) is 2.97. The third-order valence-corrected chi connectivity index (χ3v) is 7.11. The van der Waals surface area contributed by atoms with Crippen molar-refractivity contribution >= 4 is 46.9 Å². The SMILES string of the molecule is CCOc1ccc(NC(=O)C(Sc2cccc(NC(=O)c3ccc(C(=O)O)cc3C(=O)O)c2)c2ccccc2)cc1. The van der Waals surface area contributed by atoms with Crippen LogP contribution in [0.1, 0.15) is 48.8 Å². The Morgan fingerprint density at radius 1 is 0.756 bits per heavy atom. The summed E-state index contributed by atoms with van der Waals surface area (Å²) in [5.74, 6) is -2.99. The van der Waals surface area contributed by atoms with Crippen molar-refractivity contribution in [2.24, 2.45) is 0 Å². The van der Waals surface area contributed by atoms with Gasteiger partial charge in [0.05, 0.1) is 23.3 Å². The number of nitrogens with one attached hydrogen (secondary N) is 2. The minimum atomic E-state index is -1.42. The fourth-order valence-corrected chi connectivity index (χ4v) is 5.03. The van der Waals surface area contributed by atoms with Gasteiger partial charge in [-0.3, -0.25) is 9.59 Å². The van der Waals surface area contributed by atoms with Gasteiger partial charge < -0.3 is 25.6 Å². The van der Waals surface area contributed by atoms with E-state index >= 15 is 0 Å². The molecule has 4 aromatic carbocycles. The monoisotopic (exact) mass is 570 g/mol. The molecule has 0 saturated carbocycles. The lowest BCUT2D eigenvalue weighted by atomic mass is 10.0. The Kier molecular flexibility index (Phi) is 9.39. The molecule has 2 amide bonds. The molecule has 9 nitrogen and oxygen atoms in total. The van der Waals surface area contributed by atoms with E-state index in [0.29, 0.717) is 28.6 Å². The molecule has 4 aromatic rings. The normalized spacial score (nSPS) is 11.2. The first-order chi connectivity index (χ1) is 19.7. The van der Waals surface area contributed by atoms with Crippen LogP contribution in [-0.4, -0.2) is 40.6 Å². The number of benzene rings is 4. The van der Waals surface area contributed by atoms with Gasteiger partial charge in [-0.25, -0.2) is 9.59 Å². The van der Waals surface area contributed by atoms with E-state index in [1.165, 1.54) is 17.8 Å². The van der Waals surface area contributed by atoms with Crippen LogP contribution in [0.4, 0.5) is 11.4 Å². The predicted molar refractivity (Wildman–Crippen MR) is 156 cm³/mol. The molecule has 1 atom stereocenters. The second-order valence-electron chi connectivity index (χ2n) is 8.71. The number of amides is 2. The van der Waals surface area contributed by atoms with Gasteiger partial charge in [0.25, 0.3) is 5.91 Å². The first kappa shape index (κ1) is 28.9. The summed E-state index contributed by atoms with van der Waals surface area (Å²) >= 11 is 1.28. The number of rotatable bonds is 11. The number of thioether (sulfide) groups is 1. The van der Waals surface area contributed by atoms with Crippen molar-refractivity contribution in [1.29, 1.82) is 0 Å². The van der Waals surface area contributed by atoms with Crippen molar-refractivity contribution in [3.63, 3.8) is 0 Å². The largest absolute Gasteiger partial charge is 0.494 e. The van der Waals surface area contributed by atoms with E-state index in [4.69, 9.17) is 9.84 Å². The van der Waals surface area contributed by atoms with Crippen molar-refractivity contribution in [1.82, 2.24) is 0 Å². The van der Waals surface area contributed by atoms with Crippen LogP contribution in [-0.2, 0) is 4.79 Å². The van der Waals surface area contributed by atoms with Gasteiger partial charge >= 0.3 is 11.9 Å². The lowest BCUT2D eigenvalue weighted by molar-refractivity contribution is -0.115. The standard InChI is InChI=1S/C31H26N2O7S/c1-2-40-23-14-12-21(13-15-23)32-29(35)27(19-7-4-3-5-8-19)41-24-10-6-9-22(18-24)33-28(34)25-16-11-20(30(36)37)17-26(25)31(38)39/h3-18,27H,2H2,1H3,(H,32,35)(H,33,34)(H,36,37)(H,38,39). The molecular weight excluding hydrogens is 544 g/mol. The van der Waals surface area contributed by atoms with Crippen molar-refractivity contribution in [3.8, 4) is 5.75 Å². The number of carboxylic acids is 2. The molecule has 0 fully saturated rings. The molecule has 4 N–H and O–H groups in total. The molecule has 0 heterocycles. The van der Waals surface area contributed by atoms with Crippen LogP contribution in [0, 0.1) is 0 Å².